The van der Waals surface area contributed by atoms with Crippen molar-refractivity contribution in [2.45, 2.75) is 38.5 Å². The Labute approximate surface area is 121 Å². The van der Waals surface area contributed by atoms with E-state index in [0.29, 0.717) is 4.75 Å². The van der Waals surface area contributed by atoms with E-state index in [1.807, 2.05) is 0 Å². The van der Waals surface area contributed by atoms with Crippen molar-refractivity contribution in [1.82, 2.24) is 9.88 Å². The summed E-state index contributed by atoms with van der Waals surface area (Å²) in [4.78, 5) is 7.21. The summed E-state index contributed by atoms with van der Waals surface area (Å²) in [6.45, 7) is 11.1. The molecule has 0 bridgehead atoms. The van der Waals surface area contributed by atoms with Crippen LogP contribution in [0.1, 0.15) is 32.9 Å². The van der Waals surface area contributed by atoms with Crippen molar-refractivity contribution in [3.63, 3.8) is 0 Å². The third kappa shape index (κ3) is 4.69. The summed E-state index contributed by atoms with van der Waals surface area (Å²) >= 11 is 2.07. The number of nitrogens with zero attached hydrogens (tertiary/aromatic N) is 2. The van der Waals surface area contributed by atoms with Crippen molar-refractivity contribution in [3.05, 3.63) is 23.9 Å². The first-order chi connectivity index (χ1) is 9.09. The van der Waals surface area contributed by atoms with Crippen LogP contribution in [0.4, 0.5) is 5.82 Å². The maximum atomic E-state index is 4.69. The normalized spacial score (nSPS) is 19.3. The van der Waals surface area contributed by atoms with Crippen molar-refractivity contribution in [2.24, 2.45) is 0 Å². The highest BCUT2D eigenvalue weighted by Gasteiger charge is 2.26. The Kier molecular flexibility index (Phi) is 5.11. The third-order valence-corrected chi connectivity index (χ3v) is 4.55. The number of thioether (sulfide) groups is 1. The van der Waals surface area contributed by atoms with Gasteiger partial charge in [-0.25, -0.2) is 4.98 Å². The van der Waals surface area contributed by atoms with Crippen molar-refractivity contribution in [3.8, 4) is 0 Å². The number of nitrogens with one attached hydrogen (secondary N) is 1. The highest BCUT2D eigenvalue weighted by molar-refractivity contribution is 8.00. The summed E-state index contributed by atoms with van der Waals surface area (Å²) < 4.78 is 0.371. The molecule has 2 heterocycles. The molecule has 1 saturated heterocycles. The molecule has 106 valence electrons. The monoisotopic (exact) mass is 279 g/mol. The summed E-state index contributed by atoms with van der Waals surface area (Å²) in [5.41, 5.74) is 1.17. The van der Waals surface area contributed by atoms with E-state index in [2.05, 4.69) is 60.9 Å². The molecule has 0 unspecified atom stereocenters. The molecule has 0 spiro atoms. The van der Waals surface area contributed by atoms with Gasteiger partial charge in [-0.3, -0.25) is 4.90 Å². The number of hydrogen-bond donors (Lipinski definition) is 1. The fraction of sp³-hybridized carbons (Fsp3) is 0.667. The summed E-state index contributed by atoms with van der Waals surface area (Å²) in [7, 11) is 0. The van der Waals surface area contributed by atoms with Gasteiger partial charge in [0.05, 0.1) is 5.69 Å². The van der Waals surface area contributed by atoms with Crippen LogP contribution in [0.5, 0.6) is 0 Å². The van der Waals surface area contributed by atoms with Gasteiger partial charge in [-0.15, -0.1) is 0 Å². The molecule has 19 heavy (non-hydrogen) atoms. The molecule has 0 radical (unpaired) electrons. The van der Waals surface area contributed by atoms with E-state index in [1.165, 1.54) is 18.0 Å². The number of hydrogen-bond acceptors (Lipinski definition) is 4. The van der Waals surface area contributed by atoms with E-state index in [1.54, 1.807) is 0 Å². The van der Waals surface area contributed by atoms with Crippen LogP contribution in [0.25, 0.3) is 0 Å². The first kappa shape index (κ1) is 14.7. The Morgan fingerprint density at radius 2 is 2.26 bits per heavy atom. The van der Waals surface area contributed by atoms with Gasteiger partial charge in [0, 0.05) is 36.7 Å². The minimum atomic E-state index is 0.371. The van der Waals surface area contributed by atoms with E-state index >= 15 is 0 Å². The Hall–Kier alpha value is -0.740. The summed E-state index contributed by atoms with van der Waals surface area (Å²) in [5, 5.41) is 3.35. The third-order valence-electron chi connectivity index (χ3n) is 3.25. The highest BCUT2D eigenvalue weighted by atomic mass is 32.2. The second kappa shape index (κ2) is 6.62. The Morgan fingerprint density at radius 3 is 3.00 bits per heavy atom. The summed E-state index contributed by atoms with van der Waals surface area (Å²) in [5.74, 6) is 2.23. The van der Waals surface area contributed by atoms with Crippen molar-refractivity contribution >= 4 is 17.6 Å². The van der Waals surface area contributed by atoms with Gasteiger partial charge < -0.3 is 5.32 Å². The van der Waals surface area contributed by atoms with E-state index in [-0.39, 0.29) is 0 Å². The standard InChI is InChI=1S/C15H25N3S/c1-4-8-16-14-7-5-6-13(17-14)11-18-9-10-19-15(2,3)12-18/h5-7H,4,8-12H2,1-3H3,(H,16,17). The lowest BCUT2D eigenvalue weighted by atomic mass is 10.2. The number of pyridine rings is 1. The SMILES string of the molecule is CCCNc1cccc(CN2CCSC(C)(C)C2)n1. The molecule has 0 saturated carbocycles. The van der Waals surface area contributed by atoms with Gasteiger partial charge in [0.15, 0.2) is 0 Å². The second-order valence-corrected chi connectivity index (χ2v) is 7.56. The quantitative estimate of drug-likeness (QED) is 0.895. The number of rotatable bonds is 5. The maximum absolute atomic E-state index is 4.69. The van der Waals surface area contributed by atoms with Crippen molar-refractivity contribution in [2.75, 3.05) is 30.7 Å². The molecule has 3 nitrogen and oxygen atoms in total. The van der Waals surface area contributed by atoms with Gasteiger partial charge in [-0.2, -0.15) is 11.8 Å². The fourth-order valence-corrected chi connectivity index (χ4v) is 3.57. The van der Waals surface area contributed by atoms with Crippen LogP contribution >= 0.6 is 11.8 Å². The molecule has 0 atom stereocenters. The van der Waals surface area contributed by atoms with Crippen LogP contribution in [0.15, 0.2) is 18.2 Å². The van der Waals surface area contributed by atoms with Gasteiger partial charge in [0.1, 0.15) is 5.82 Å². The van der Waals surface area contributed by atoms with Gasteiger partial charge in [-0.1, -0.05) is 13.0 Å². The zero-order valence-corrected chi connectivity index (χ0v) is 13.1. The second-order valence-electron chi connectivity index (χ2n) is 5.76. The molecule has 0 aromatic carbocycles. The molecule has 1 N–H and O–H groups in total. The van der Waals surface area contributed by atoms with Crippen LogP contribution in [-0.2, 0) is 6.54 Å². The lowest BCUT2D eigenvalue weighted by molar-refractivity contribution is 0.250. The molecule has 1 aliphatic heterocycles. The molecule has 0 amide bonds. The largest absolute Gasteiger partial charge is 0.370 e. The molecule has 1 aliphatic rings. The molecule has 2 rings (SSSR count). The van der Waals surface area contributed by atoms with Gasteiger partial charge >= 0.3 is 0 Å². The number of aromatic nitrogens is 1. The summed E-state index contributed by atoms with van der Waals surface area (Å²) in [6, 6.07) is 6.28. The summed E-state index contributed by atoms with van der Waals surface area (Å²) in [6.07, 6.45) is 1.13. The molecule has 1 fully saturated rings. The first-order valence-corrected chi connectivity index (χ1v) is 8.14. The molecule has 4 heteroatoms. The van der Waals surface area contributed by atoms with E-state index in [9.17, 15) is 0 Å². The van der Waals surface area contributed by atoms with Crippen LogP contribution in [0.2, 0.25) is 0 Å². The molecular formula is C15H25N3S. The lowest BCUT2D eigenvalue weighted by Gasteiger charge is -2.37. The molecule has 1 aromatic rings. The van der Waals surface area contributed by atoms with E-state index in [4.69, 9.17) is 4.98 Å². The Morgan fingerprint density at radius 1 is 1.42 bits per heavy atom. The molecule has 1 aromatic heterocycles. The van der Waals surface area contributed by atoms with Crippen LogP contribution in [0, 0.1) is 0 Å². The molecular weight excluding hydrogens is 254 g/mol. The average molecular weight is 279 g/mol. The predicted molar refractivity (Wildman–Crippen MR) is 84.8 cm³/mol. The first-order valence-electron chi connectivity index (χ1n) is 7.15. The van der Waals surface area contributed by atoms with E-state index in [0.717, 1.165) is 31.9 Å². The molecule has 0 aliphatic carbocycles. The van der Waals surface area contributed by atoms with Gasteiger partial charge in [0.2, 0.25) is 0 Å². The highest BCUT2D eigenvalue weighted by Crippen LogP contribution is 2.30. The zero-order chi connectivity index (χ0) is 13.7. The minimum Gasteiger partial charge on any atom is -0.370 e. The Bertz CT molecular complexity index is 406. The van der Waals surface area contributed by atoms with Crippen molar-refractivity contribution in [1.29, 1.82) is 0 Å². The topological polar surface area (TPSA) is 28.2 Å². The minimum absolute atomic E-state index is 0.371. The smallest absolute Gasteiger partial charge is 0.126 e. The average Bonchev–Trinajstić information content (AvgIpc) is 2.35. The van der Waals surface area contributed by atoms with Gasteiger partial charge in [-0.05, 0) is 32.4 Å². The van der Waals surface area contributed by atoms with Crippen LogP contribution in [0.3, 0.4) is 0 Å². The van der Waals surface area contributed by atoms with Crippen LogP contribution in [-0.4, -0.2) is 40.0 Å². The fourth-order valence-electron chi connectivity index (χ4n) is 2.40. The lowest BCUT2D eigenvalue weighted by Crippen LogP contribution is -2.42. The number of anilines is 1. The Balaban J connectivity index is 1.94. The van der Waals surface area contributed by atoms with Crippen LogP contribution < -0.4 is 5.32 Å². The zero-order valence-electron chi connectivity index (χ0n) is 12.3. The van der Waals surface area contributed by atoms with Gasteiger partial charge in [0.25, 0.3) is 0 Å². The maximum Gasteiger partial charge on any atom is 0.126 e. The van der Waals surface area contributed by atoms with Crippen molar-refractivity contribution < 1.29 is 0 Å². The predicted octanol–water partition coefficient (Wildman–Crippen LogP) is 3.23. The van der Waals surface area contributed by atoms with E-state index < -0.39 is 0 Å².